The topological polar surface area (TPSA) is 65.4 Å². The zero-order valence-electron chi connectivity index (χ0n) is 19.6. The van der Waals surface area contributed by atoms with E-state index in [1.807, 2.05) is 38.1 Å². The maximum absolute atomic E-state index is 12.9. The number of nitrogens with zero attached hydrogens (tertiary/aromatic N) is 2. The Balaban J connectivity index is 1.45. The van der Waals surface area contributed by atoms with Crippen molar-refractivity contribution in [2.24, 2.45) is 0 Å². The molecule has 0 saturated carbocycles. The average Bonchev–Trinajstić information content (AvgIpc) is 3.28. The number of amides is 1. The van der Waals surface area contributed by atoms with E-state index in [2.05, 4.69) is 10.4 Å². The first-order valence-electron chi connectivity index (χ1n) is 11.0. The van der Waals surface area contributed by atoms with Crippen molar-refractivity contribution in [3.8, 4) is 11.5 Å². The summed E-state index contributed by atoms with van der Waals surface area (Å²) in [5.41, 5.74) is 4.27. The van der Waals surface area contributed by atoms with Crippen LogP contribution < -0.4 is 14.8 Å². The van der Waals surface area contributed by atoms with Gasteiger partial charge in [-0.15, -0.1) is 0 Å². The van der Waals surface area contributed by atoms with Crippen molar-refractivity contribution < 1.29 is 14.3 Å². The van der Waals surface area contributed by atoms with Crippen LogP contribution in [0.3, 0.4) is 0 Å². The van der Waals surface area contributed by atoms with Gasteiger partial charge in [-0.05, 0) is 66.9 Å². The van der Waals surface area contributed by atoms with Crippen LogP contribution in [0.5, 0.6) is 11.5 Å². The molecule has 0 radical (unpaired) electrons. The van der Waals surface area contributed by atoms with Crippen LogP contribution in [0.4, 0.5) is 5.82 Å². The largest absolute Gasteiger partial charge is 0.496 e. The Labute approximate surface area is 214 Å². The smallest absolute Gasteiger partial charge is 0.256 e. The molecule has 4 rings (SSSR count). The Morgan fingerprint density at radius 1 is 0.971 bits per heavy atom. The van der Waals surface area contributed by atoms with Crippen LogP contribution in [0.25, 0.3) is 0 Å². The van der Waals surface area contributed by atoms with Gasteiger partial charge in [-0.3, -0.25) is 9.48 Å². The predicted molar refractivity (Wildman–Crippen MR) is 139 cm³/mol. The number of carbonyl (C=O) groups is 1. The molecule has 3 aromatic carbocycles. The highest BCUT2D eigenvalue weighted by Crippen LogP contribution is 2.26. The quantitative estimate of drug-likeness (QED) is 0.287. The number of aryl methyl sites for hydroxylation is 2. The minimum absolute atomic E-state index is 0.269. The Hall–Kier alpha value is -3.48. The Kier molecular flexibility index (Phi) is 7.63. The van der Waals surface area contributed by atoms with E-state index in [1.54, 1.807) is 54.4 Å². The van der Waals surface area contributed by atoms with E-state index in [0.29, 0.717) is 33.7 Å². The van der Waals surface area contributed by atoms with Gasteiger partial charge in [0.1, 0.15) is 18.1 Å². The fraction of sp³-hybridized carbons (Fsp3) is 0.185. The van der Waals surface area contributed by atoms with E-state index in [-0.39, 0.29) is 12.5 Å². The van der Waals surface area contributed by atoms with E-state index in [0.717, 1.165) is 28.0 Å². The Bertz CT molecular complexity index is 1370. The molecule has 0 aliphatic carbocycles. The summed E-state index contributed by atoms with van der Waals surface area (Å²) in [6.07, 6.45) is 1.78. The first kappa shape index (κ1) is 24.6. The van der Waals surface area contributed by atoms with E-state index in [4.69, 9.17) is 32.7 Å². The Morgan fingerprint density at radius 2 is 1.80 bits per heavy atom. The molecule has 0 spiro atoms. The van der Waals surface area contributed by atoms with Gasteiger partial charge in [0, 0.05) is 33.4 Å². The third-order valence-corrected chi connectivity index (χ3v) is 6.09. The van der Waals surface area contributed by atoms with Crippen LogP contribution in [0, 0.1) is 13.8 Å². The normalized spacial score (nSPS) is 10.8. The molecule has 0 aliphatic rings. The van der Waals surface area contributed by atoms with Crippen LogP contribution in [-0.4, -0.2) is 22.8 Å². The maximum atomic E-state index is 12.9. The van der Waals surface area contributed by atoms with Crippen LogP contribution in [0.15, 0.2) is 66.9 Å². The summed E-state index contributed by atoms with van der Waals surface area (Å²) in [6.45, 7) is 4.73. The summed E-state index contributed by atoms with van der Waals surface area (Å²) < 4.78 is 13.2. The molecule has 0 bridgehead atoms. The summed E-state index contributed by atoms with van der Waals surface area (Å²) in [4.78, 5) is 12.9. The van der Waals surface area contributed by atoms with Crippen molar-refractivity contribution >= 4 is 34.9 Å². The molecule has 0 unspecified atom stereocenters. The van der Waals surface area contributed by atoms with Crippen molar-refractivity contribution in [1.82, 2.24) is 9.78 Å². The number of carbonyl (C=O) groups excluding carboxylic acids is 1. The highest BCUT2D eigenvalue weighted by atomic mass is 35.5. The molecule has 0 atom stereocenters. The molecule has 0 aliphatic heterocycles. The third kappa shape index (κ3) is 6.15. The average molecular weight is 510 g/mol. The lowest BCUT2D eigenvalue weighted by molar-refractivity contribution is 0.102. The van der Waals surface area contributed by atoms with Crippen LogP contribution in [0.1, 0.15) is 32.6 Å². The lowest BCUT2D eigenvalue weighted by Gasteiger charge is -2.14. The number of hydrogen-bond acceptors (Lipinski definition) is 4. The van der Waals surface area contributed by atoms with Crippen molar-refractivity contribution in [2.75, 3.05) is 12.4 Å². The van der Waals surface area contributed by atoms with Gasteiger partial charge in [0.25, 0.3) is 5.91 Å². The molecule has 35 heavy (non-hydrogen) atoms. The maximum Gasteiger partial charge on any atom is 0.256 e. The second-order valence-corrected chi connectivity index (χ2v) is 9.02. The van der Waals surface area contributed by atoms with Crippen LogP contribution in [-0.2, 0) is 13.2 Å². The van der Waals surface area contributed by atoms with Crippen molar-refractivity contribution in [1.29, 1.82) is 0 Å². The zero-order chi connectivity index (χ0) is 24.9. The number of ether oxygens (including phenoxy) is 2. The standard InChI is InChI=1S/C27H25Cl2N3O3/c1-17-4-5-18(2)25(12-17)35-16-21-13-19(7-9-24(21)34-3)27(33)30-26-10-11-32(31-26)15-20-6-8-22(28)14-23(20)29/h4-14H,15-16H2,1-3H3,(H,30,31,33). The number of anilines is 1. The summed E-state index contributed by atoms with van der Waals surface area (Å²) in [6, 6.07) is 18.3. The molecule has 0 saturated heterocycles. The fourth-order valence-corrected chi connectivity index (χ4v) is 4.05. The first-order valence-corrected chi connectivity index (χ1v) is 11.7. The molecular formula is C27H25Cl2N3O3. The number of benzene rings is 3. The summed E-state index contributed by atoms with van der Waals surface area (Å²) >= 11 is 12.2. The monoisotopic (exact) mass is 509 g/mol. The van der Waals surface area contributed by atoms with Crippen molar-refractivity contribution in [2.45, 2.75) is 27.0 Å². The molecule has 8 heteroatoms. The number of aromatic nitrogens is 2. The van der Waals surface area contributed by atoms with Gasteiger partial charge in [-0.25, -0.2) is 0 Å². The van der Waals surface area contributed by atoms with Crippen LogP contribution >= 0.6 is 23.2 Å². The Morgan fingerprint density at radius 3 is 2.57 bits per heavy atom. The minimum Gasteiger partial charge on any atom is -0.496 e. The zero-order valence-corrected chi connectivity index (χ0v) is 21.2. The van der Waals surface area contributed by atoms with Crippen molar-refractivity contribution in [3.63, 3.8) is 0 Å². The lowest BCUT2D eigenvalue weighted by Crippen LogP contribution is -2.14. The highest BCUT2D eigenvalue weighted by Gasteiger charge is 2.13. The van der Waals surface area contributed by atoms with Gasteiger partial charge in [0.15, 0.2) is 5.82 Å². The second kappa shape index (κ2) is 10.8. The molecule has 4 aromatic rings. The summed E-state index contributed by atoms with van der Waals surface area (Å²) in [7, 11) is 1.59. The molecule has 1 amide bonds. The minimum atomic E-state index is -0.282. The SMILES string of the molecule is COc1ccc(C(=O)Nc2ccn(Cc3ccc(Cl)cc3Cl)n2)cc1COc1cc(C)ccc1C. The van der Waals surface area contributed by atoms with Gasteiger partial charge in [0.05, 0.1) is 13.7 Å². The van der Waals surface area contributed by atoms with Crippen molar-refractivity contribution in [3.05, 3.63) is 105 Å². The van der Waals surface area contributed by atoms with E-state index >= 15 is 0 Å². The van der Waals surface area contributed by atoms with Gasteiger partial charge < -0.3 is 14.8 Å². The second-order valence-electron chi connectivity index (χ2n) is 8.17. The molecule has 1 N–H and O–H groups in total. The molecule has 1 aromatic heterocycles. The van der Waals surface area contributed by atoms with Crippen LogP contribution in [0.2, 0.25) is 10.0 Å². The molecule has 6 nitrogen and oxygen atoms in total. The summed E-state index contributed by atoms with van der Waals surface area (Å²) in [5.74, 6) is 1.60. The number of nitrogens with one attached hydrogen (secondary N) is 1. The first-order chi connectivity index (χ1) is 16.8. The molecule has 0 fully saturated rings. The number of hydrogen-bond donors (Lipinski definition) is 1. The number of methoxy groups -OCH3 is 1. The molecule has 1 heterocycles. The van der Waals surface area contributed by atoms with E-state index in [9.17, 15) is 4.79 Å². The fourth-order valence-electron chi connectivity index (χ4n) is 3.58. The lowest BCUT2D eigenvalue weighted by atomic mass is 10.1. The van der Waals surface area contributed by atoms with Gasteiger partial charge in [-0.2, -0.15) is 5.10 Å². The summed E-state index contributed by atoms with van der Waals surface area (Å²) in [5, 5.41) is 8.40. The highest BCUT2D eigenvalue weighted by molar-refractivity contribution is 6.35. The van der Waals surface area contributed by atoms with Gasteiger partial charge >= 0.3 is 0 Å². The van der Waals surface area contributed by atoms with Gasteiger partial charge in [0.2, 0.25) is 0 Å². The molecule has 180 valence electrons. The van der Waals surface area contributed by atoms with Gasteiger partial charge in [-0.1, -0.05) is 41.4 Å². The molecular weight excluding hydrogens is 485 g/mol. The number of halogens is 2. The van der Waals surface area contributed by atoms with E-state index < -0.39 is 0 Å². The number of rotatable bonds is 8. The third-order valence-electron chi connectivity index (χ3n) is 5.50. The van der Waals surface area contributed by atoms with E-state index in [1.165, 1.54) is 0 Å². The predicted octanol–water partition coefficient (Wildman–Crippen LogP) is 6.69.